The van der Waals surface area contributed by atoms with Gasteiger partial charge < -0.3 is 0 Å². The molecular weight excluding hydrogens is 136 g/mol. The standard InChI is InChI=1S/C9H18N2/c1-7(2)11-5-8-4-9(6-11)10(8)3/h7-9H,4-6H2,1-3H3/t8-,9?/m1/s1. The van der Waals surface area contributed by atoms with E-state index in [0.29, 0.717) is 0 Å². The molecule has 0 aromatic carbocycles. The molecule has 0 amide bonds. The lowest BCUT2D eigenvalue weighted by Crippen LogP contribution is -2.67. The van der Waals surface area contributed by atoms with E-state index in [1.54, 1.807) is 0 Å². The fourth-order valence-corrected chi connectivity index (χ4v) is 2.25. The van der Waals surface area contributed by atoms with Gasteiger partial charge in [0, 0.05) is 31.2 Å². The molecule has 2 bridgehead atoms. The van der Waals surface area contributed by atoms with Gasteiger partial charge in [-0.1, -0.05) is 0 Å². The van der Waals surface area contributed by atoms with Crippen molar-refractivity contribution in [2.45, 2.75) is 38.4 Å². The van der Waals surface area contributed by atoms with Gasteiger partial charge in [-0.3, -0.25) is 9.80 Å². The van der Waals surface area contributed by atoms with E-state index in [1.807, 2.05) is 0 Å². The molecule has 11 heavy (non-hydrogen) atoms. The fraction of sp³-hybridized carbons (Fsp3) is 1.00. The Morgan fingerprint density at radius 1 is 1.18 bits per heavy atom. The maximum Gasteiger partial charge on any atom is 0.0239 e. The summed E-state index contributed by atoms with van der Waals surface area (Å²) < 4.78 is 0. The molecule has 3 saturated heterocycles. The van der Waals surface area contributed by atoms with Crippen molar-refractivity contribution >= 4 is 0 Å². The van der Waals surface area contributed by atoms with Crippen LogP contribution < -0.4 is 0 Å². The van der Waals surface area contributed by atoms with Crippen molar-refractivity contribution in [1.29, 1.82) is 0 Å². The van der Waals surface area contributed by atoms with E-state index in [0.717, 1.165) is 18.1 Å². The maximum absolute atomic E-state index is 2.60. The summed E-state index contributed by atoms with van der Waals surface area (Å²) in [5.41, 5.74) is 0. The normalized spacial score (nSPS) is 39.3. The van der Waals surface area contributed by atoms with E-state index in [9.17, 15) is 0 Å². The van der Waals surface area contributed by atoms with E-state index in [4.69, 9.17) is 0 Å². The van der Waals surface area contributed by atoms with Crippen molar-refractivity contribution in [3.8, 4) is 0 Å². The largest absolute Gasteiger partial charge is 0.298 e. The van der Waals surface area contributed by atoms with Crippen LogP contribution in [0.1, 0.15) is 20.3 Å². The van der Waals surface area contributed by atoms with Crippen molar-refractivity contribution in [1.82, 2.24) is 9.80 Å². The Bertz CT molecular complexity index is 144. The van der Waals surface area contributed by atoms with Crippen LogP contribution in [0.3, 0.4) is 0 Å². The third kappa shape index (κ3) is 1.09. The predicted molar refractivity (Wildman–Crippen MR) is 46.7 cm³/mol. The average Bonchev–Trinajstić information content (AvgIpc) is 2.03. The first-order chi connectivity index (χ1) is 5.18. The number of rotatable bonds is 1. The van der Waals surface area contributed by atoms with E-state index in [1.165, 1.54) is 19.5 Å². The minimum absolute atomic E-state index is 0.744. The molecule has 2 atom stereocenters. The maximum atomic E-state index is 2.60. The van der Waals surface area contributed by atoms with Crippen LogP contribution in [0, 0.1) is 0 Å². The van der Waals surface area contributed by atoms with Crippen LogP contribution in [0.2, 0.25) is 0 Å². The highest BCUT2D eigenvalue weighted by Crippen LogP contribution is 2.30. The second-order valence-electron chi connectivity index (χ2n) is 4.26. The van der Waals surface area contributed by atoms with Gasteiger partial charge >= 0.3 is 0 Å². The molecule has 3 aliphatic rings. The Morgan fingerprint density at radius 3 is 2.09 bits per heavy atom. The van der Waals surface area contributed by atoms with Gasteiger partial charge in [0.05, 0.1) is 0 Å². The van der Waals surface area contributed by atoms with Crippen LogP contribution in [-0.4, -0.2) is 48.1 Å². The summed E-state index contributed by atoms with van der Waals surface area (Å²) in [5.74, 6) is 0. The average molecular weight is 154 g/mol. The van der Waals surface area contributed by atoms with Gasteiger partial charge in [-0.05, 0) is 27.3 Å². The lowest BCUT2D eigenvalue weighted by atomic mass is 9.88. The molecule has 1 unspecified atom stereocenters. The van der Waals surface area contributed by atoms with Crippen LogP contribution in [0.5, 0.6) is 0 Å². The number of hydrogen-bond donors (Lipinski definition) is 0. The van der Waals surface area contributed by atoms with E-state index >= 15 is 0 Å². The second-order valence-corrected chi connectivity index (χ2v) is 4.26. The molecule has 0 N–H and O–H groups in total. The highest BCUT2D eigenvalue weighted by Gasteiger charge is 2.42. The van der Waals surface area contributed by atoms with Crippen LogP contribution >= 0.6 is 0 Å². The lowest BCUT2D eigenvalue weighted by Gasteiger charge is -2.56. The second kappa shape index (κ2) is 2.46. The smallest absolute Gasteiger partial charge is 0.0239 e. The minimum atomic E-state index is 0.744. The summed E-state index contributed by atoms with van der Waals surface area (Å²) in [6.07, 6.45) is 1.44. The molecule has 3 rings (SSSR count). The predicted octanol–water partition coefficient (Wildman–Crippen LogP) is 0.783. The topological polar surface area (TPSA) is 6.48 Å². The third-order valence-electron chi connectivity index (χ3n) is 3.32. The quantitative estimate of drug-likeness (QED) is 0.551. The minimum Gasteiger partial charge on any atom is -0.298 e. The third-order valence-corrected chi connectivity index (χ3v) is 3.32. The van der Waals surface area contributed by atoms with Crippen molar-refractivity contribution < 1.29 is 0 Å². The zero-order valence-corrected chi connectivity index (χ0v) is 7.75. The van der Waals surface area contributed by atoms with Crippen molar-refractivity contribution in [2.24, 2.45) is 0 Å². The number of piperazine rings is 1. The Labute approximate surface area is 69.2 Å². The van der Waals surface area contributed by atoms with Gasteiger partial charge in [-0.2, -0.15) is 0 Å². The zero-order chi connectivity index (χ0) is 8.01. The molecule has 3 aliphatic heterocycles. The molecule has 0 aromatic heterocycles. The summed E-state index contributed by atoms with van der Waals surface area (Å²) in [7, 11) is 2.26. The Kier molecular flexibility index (Phi) is 1.69. The Balaban J connectivity index is 1.94. The van der Waals surface area contributed by atoms with E-state index < -0.39 is 0 Å². The van der Waals surface area contributed by atoms with Crippen molar-refractivity contribution in [3.63, 3.8) is 0 Å². The van der Waals surface area contributed by atoms with Crippen LogP contribution in [0.4, 0.5) is 0 Å². The molecule has 2 heteroatoms. The summed E-state index contributed by atoms with van der Waals surface area (Å²) >= 11 is 0. The summed E-state index contributed by atoms with van der Waals surface area (Å²) in [5, 5.41) is 0. The monoisotopic (exact) mass is 154 g/mol. The SMILES string of the molecule is CC(C)N1CC2C[C@H](C1)N2C. The fourth-order valence-electron chi connectivity index (χ4n) is 2.25. The number of piperidine rings is 1. The number of fused-ring (bicyclic) bond motifs is 2. The summed E-state index contributed by atoms with van der Waals surface area (Å²) in [4.78, 5) is 5.12. The van der Waals surface area contributed by atoms with Gasteiger partial charge in [-0.25, -0.2) is 0 Å². The Hall–Kier alpha value is -0.0800. The van der Waals surface area contributed by atoms with Gasteiger partial charge in [0.2, 0.25) is 0 Å². The molecule has 0 radical (unpaired) electrons. The number of likely N-dealkylation sites (N-methyl/N-ethyl adjacent to an activating group) is 1. The van der Waals surface area contributed by atoms with Crippen LogP contribution in [0.15, 0.2) is 0 Å². The molecule has 3 fully saturated rings. The number of hydrogen-bond acceptors (Lipinski definition) is 2. The van der Waals surface area contributed by atoms with Crippen LogP contribution in [0.25, 0.3) is 0 Å². The summed E-state index contributed by atoms with van der Waals surface area (Å²) in [6, 6.07) is 2.49. The first-order valence-corrected chi connectivity index (χ1v) is 4.64. The molecule has 3 heterocycles. The molecule has 0 aromatic rings. The molecular formula is C9H18N2. The molecule has 0 saturated carbocycles. The van der Waals surface area contributed by atoms with Crippen LogP contribution in [-0.2, 0) is 0 Å². The molecule has 64 valence electrons. The lowest BCUT2D eigenvalue weighted by molar-refractivity contribution is -0.0605. The van der Waals surface area contributed by atoms with Gasteiger partial charge in [0.25, 0.3) is 0 Å². The Morgan fingerprint density at radius 2 is 1.73 bits per heavy atom. The first-order valence-electron chi connectivity index (χ1n) is 4.64. The molecule has 2 nitrogen and oxygen atoms in total. The van der Waals surface area contributed by atoms with Gasteiger partial charge in [-0.15, -0.1) is 0 Å². The van der Waals surface area contributed by atoms with E-state index in [-0.39, 0.29) is 0 Å². The number of nitrogens with zero attached hydrogens (tertiary/aromatic N) is 2. The highest BCUT2D eigenvalue weighted by atomic mass is 15.3. The van der Waals surface area contributed by atoms with Gasteiger partial charge in [0.1, 0.15) is 0 Å². The first kappa shape index (κ1) is 7.56. The zero-order valence-electron chi connectivity index (χ0n) is 7.75. The summed E-state index contributed by atoms with van der Waals surface area (Å²) in [6.45, 7) is 7.19. The molecule has 0 aliphatic carbocycles. The van der Waals surface area contributed by atoms with Crippen molar-refractivity contribution in [3.05, 3.63) is 0 Å². The molecule has 0 spiro atoms. The van der Waals surface area contributed by atoms with E-state index in [2.05, 4.69) is 30.7 Å². The van der Waals surface area contributed by atoms with Crippen molar-refractivity contribution in [2.75, 3.05) is 20.1 Å². The highest BCUT2D eigenvalue weighted by molar-refractivity contribution is 4.99. The van der Waals surface area contributed by atoms with Gasteiger partial charge in [0.15, 0.2) is 0 Å².